The van der Waals surface area contributed by atoms with Crippen LogP contribution < -0.4 is 4.74 Å². The molecule has 1 saturated carbocycles. The van der Waals surface area contributed by atoms with Crippen molar-refractivity contribution in [2.24, 2.45) is 0 Å². The third-order valence-corrected chi connectivity index (χ3v) is 8.02. The number of hydrogen-bond acceptors (Lipinski definition) is 6. The molecule has 2 saturated heterocycles. The summed E-state index contributed by atoms with van der Waals surface area (Å²) in [5.74, 6) is -0.273. The number of benzene rings is 2. The van der Waals surface area contributed by atoms with Crippen LogP contribution in [0.1, 0.15) is 66.4 Å². The van der Waals surface area contributed by atoms with Gasteiger partial charge in [-0.25, -0.2) is 5.01 Å². The standard InChI is InChI=1S/C28H31N3O5/c32-25-11-6-12-26(33)31(25)30-16-19-15-21(13-14-22(19)27(30)34)36-24-10-5-4-9-23(24)29-17-28(35,18-29)20-7-2-1-3-8-20/h1-3,7-8,13-15,23-24,35H,4-6,9-12,16-18H2/t23-,24+/m0/s1. The van der Waals surface area contributed by atoms with Crippen molar-refractivity contribution in [3.63, 3.8) is 0 Å². The molecule has 2 aromatic rings. The molecule has 0 spiro atoms. The van der Waals surface area contributed by atoms with Crippen molar-refractivity contribution in [2.75, 3.05) is 13.1 Å². The Morgan fingerprint density at radius 3 is 2.36 bits per heavy atom. The number of hydrogen-bond donors (Lipinski definition) is 1. The molecule has 0 aromatic heterocycles. The SMILES string of the molecule is O=C1c2ccc(O[C@@H]3CCCC[C@@H]3N3CC(O)(c4ccccc4)C3)cc2CN1N1C(=O)CCCC1=O. The molecule has 8 heteroatoms. The molecule has 2 aromatic carbocycles. The highest BCUT2D eigenvalue weighted by molar-refractivity contribution is 6.04. The van der Waals surface area contributed by atoms with Crippen LogP contribution in [-0.2, 0) is 21.7 Å². The summed E-state index contributed by atoms with van der Waals surface area (Å²) in [6.07, 6.45) is 5.26. The number of ether oxygens (including phenoxy) is 1. The Hall–Kier alpha value is -3.23. The summed E-state index contributed by atoms with van der Waals surface area (Å²) < 4.78 is 6.48. The lowest BCUT2D eigenvalue weighted by Crippen LogP contribution is -2.65. The van der Waals surface area contributed by atoms with E-state index in [0.717, 1.165) is 41.8 Å². The van der Waals surface area contributed by atoms with Crippen molar-refractivity contribution < 1.29 is 24.2 Å². The third-order valence-electron chi connectivity index (χ3n) is 8.02. The van der Waals surface area contributed by atoms with Gasteiger partial charge in [-0.15, -0.1) is 0 Å². The Bertz CT molecular complexity index is 1180. The number of piperidine rings is 1. The highest BCUT2D eigenvalue weighted by Crippen LogP contribution is 2.38. The lowest BCUT2D eigenvalue weighted by molar-refractivity contribution is -0.163. The molecule has 2 atom stereocenters. The molecule has 1 N–H and O–H groups in total. The molecule has 0 radical (unpaired) electrons. The van der Waals surface area contributed by atoms with Crippen molar-refractivity contribution in [3.8, 4) is 5.75 Å². The van der Waals surface area contributed by atoms with Crippen LogP contribution in [0.4, 0.5) is 0 Å². The first-order valence-corrected chi connectivity index (χ1v) is 12.9. The van der Waals surface area contributed by atoms with Gasteiger partial charge in [0, 0.05) is 37.5 Å². The van der Waals surface area contributed by atoms with Crippen molar-refractivity contribution in [1.82, 2.24) is 14.9 Å². The second-order valence-electron chi connectivity index (χ2n) is 10.4. The van der Waals surface area contributed by atoms with Gasteiger partial charge in [0.1, 0.15) is 17.5 Å². The van der Waals surface area contributed by atoms with Crippen molar-refractivity contribution in [2.45, 2.75) is 69.2 Å². The predicted molar refractivity (Wildman–Crippen MR) is 131 cm³/mol. The van der Waals surface area contributed by atoms with Gasteiger partial charge < -0.3 is 9.84 Å². The number of imide groups is 1. The van der Waals surface area contributed by atoms with E-state index in [2.05, 4.69) is 4.90 Å². The van der Waals surface area contributed by atoms with Gasteiger partial charge in [-0.2, -0.15) is 5.01 Å². The van der Waals surface area contributed by atoms with Gasteiger partial charge in [-0.1, -0.05) is 36.8 Å². The van der Waals surface area contributed by atoms with Crippen LogP contribution in [-0.4, -0.2) is 63.0 Å². The Morgan fingerprint density at radius 1 is 0.889 bits per heavy atom. The molecule has 0 unspecified atom stereocenters. The normalized spacial score (nSPS) is 26.1. The van der Waals surface area contributed by atoms with Crippen molar-refractivity contribution in [1.29, 1.82) is 0 Å². The molecular weight excluding hydrogens is 458 g/mol. The Morgan fingerprint density at radius 2 is 1.61 bits per heavy atom. The average Bonchev–Trinajstić information content (AvgIpc) is 3.18. The molecule has 8 nitrogen and oxygen atoms in total. The largest absolute Gasteiger partial charge is 0.489 e. The average molecular weight is 490 g/mol. The summed E-state index contributed by atoms with van der Waals surface area (Å²) in [6.45, 7) is 1.37. The summed E-state index contributed by atoms with van der Waals surface area (Å²) in [6, 6.07) is 15.5. The lowest BCUT2D eigenvalue weighted by Gasteiger charge is -2.53. The van der Waals surface area contributed by atoms with Gasteiger partial charge in [0.25, 0.3) is 5.91 Å². The number of rotatable bonds is 5. The topological polar surface area (TPSA) is 90.4 Å². The quantitative estimate of drug-likeness (QED) is 0.650. The molecule has 3 aliphatic heterocycles. The summed E-state index contributed by atoms with van der Waals surface area (Å²) in [4.78, 5) is 40.0. The van der Waals surface area contributed by atoms with Gasteiger partial charge in [0.15, 0.2) is 0 Å². The van der Waals surface area contributed by atoms with Crippen LogP contribution in [0.5, 0.6) is 5.75 Å². The first kappa shape index (κ1) is 23.2. The smallest absolute Gasteiger partial charge is 0.273 e. The van der Waals surface area contributed by atoms with E-state index in [4.69, 9.17) is 4.74 Å². The van der Waals surface area contributed by atoms with Gasteiger partial charge in [0.05, 0.1) is 6.54 Å². The second-order valence-corrected chi connectivity index (χ2v) is 10.4. The molecule has 4 aliphatic rings. The fraction of sp³-hybridized carbons (Fsp3) is 0.464. The van der Waals surface area contributed by atoms with Gasteiger partial charge in [-0.05, 0) is 55.0 Å². The maximum Gasteiger partial charge on any atom is 0.273 e. The minimum atomic E-state index is -0.816. The van der Waals surface area contributed by atoms with Gasteiger partial charge >= 0.3 is 0 Å². The summed E-state index contributed by atoms with van der Waals surface area (Å²) in [5.41, 5.74) is 1.40. The zero-order chi connectivity index (χ0) is 24.9. The van der Waals surface area contributed by atoms with E-state index in [-0.39, 0.29) is 49.3 Å². The number of β-amino-alcohol motifs (C(OH)–C–C–N with tert-alkyl or cyclic N) is 1. The highest BCUT2D eigenvalue weighted by Gasteiger charge is 2.48. The van der Waals surface area contributed by atoms with E-state index in [1.807, 2.05) is 42.5 Å². The van der Waals surface area contributed by atoms with Crippen LogP contribution in [0.25, 0.3) is 0 Å². The Balaban J connectivity index is 1.15. The summed E-state index contributed by atoms with van der Waals surface area (Å²) in [5, 5.41) is 13.4. The number of nitrogens with zero attached hydrogens (tertiary/aromatic N) is 3. The molecular formula is C28H31N3O5. The first-order chi connectivity index (χ1) is 17.4. The predicted octanol–water partition coefficient (Wildman–Crippen LogP) is 2.99. The van der Waals surface area contributed by atoms with E-state index in [9.17, 15) is 19.5 Å². The van der Waals surface area contributed by atoms with Crippen LogP contribution in [0, 0.1) is 0 Å². The van der Waals surface area contributed by atoms with E-state index >= 15 is 0 Å². The molecule has 1 aliphatic carbocycles. The molecule has 188 valence electrons. The minimum absolute atomic E-state index is 0.00409. The zero-order valence-corrected chi connectivity index (χ0v) is 20.3. The highest BCUT2D eigenvalue weighted by atomic mass is 16.5. The van der Waals surface area contributed by atoms with Gasteiger partial charge in [-0.3, -0.25) is 19.3 Å². The minimum Gasteiger partial charge on any atom is -0.489 e. The zero-order valence-electron chi connectivity index (χ0n) is 20.3. The fourth-order valence-corrected chi connectivity index (χ4v) is 6.13. The number of fused-ring (bicyclic) bond motifs is 1. The summed E-state index contributed by atoms with van der Waals surface area (Å²) >= 11 is 0. The number of aliphatic hydroxyl groups is 1. The number of carbonyl (C=O) groups excluding carboxylic acids is 3. The second kappa shape index (κ2) is 9.01. The fourth-order valence-electron chi connectivity index (χ4n) is 6.13. The van der Waals surface area contributed by atoms with Crippen molar-refractivity contribution >= 4 is 17.7 Å². The maximum atomic E-state index is 13.0. The number of likely N-dealkylation sites (tertiary alicyclic amines) is 1. The monoisotopic (exact) mass is 489 g/mol. The van der Waals surface area contributed by atoms with Crippen LogP contribution in [0.15, 0.2) is 48.5 Å². The Labute approximate surface area is 210 Å². The van der Waals surface area contributed by atoms with E-state index < -0.39 is 5.60 Å². The molecule has 3 amide bonds. The molecule has 6 rings (SSSR count). The summed E-state index contributed by atoms with van der Waals surface area (Å²) in [7, 11) is 0. The number of hydrazine groups is 1. The molecule has 3 fully saturated rings. The van der Waals surface area contributed by atoms with Crippen molar-refractivity contribution in [3.05, 3.63) is 65.2 Å². The van der Waals surface area contributed by atoms with Gasteiger partial charge in [0.2, 0.25) is 11.8 Å². The first-order valence-electron chi connectivity index (χ1n) is 12.9. The molecule has 36 heavy (non-hydrogen) atoms. The van der Waals surface area contributed by atoms with E-state index in [1.54, 1.807) is 6.07 Å². The number of carbonyl (C=O) groups is 3. The van der Waals surface area contributed by atoms with Crippen LogP contribution in [0.2, 0.25) is 0 Å². The molecule has 0 bridgehead atoms. The maximum absolute atomic E-state index is 13.0. The molecule has 3 heterocycles. The third kappa shape index (κ3) is 3.98. The van der Waals surface area contributed by atoms with Crippen LogP contribution >= 0.6 is 0 Å². The Kier molecular flexibility index (Phi) is 5.80. The van der Waals surface area contributed by atoms with Crippen LogP contribution in [0.3, 0.4) is 0 Å². The lowest BCUT2D eigenvalue weighted by atomic mass is 9.81. The number of amides is 3. The van der Waals surface area contributed by atoms with E-state index in [0.29, 0.717) is 30.8 Å². The van der Waals surface area contributed by atoms with E-state index in [1.165, 1.54) is 5.01 Å².